The first-order valence-electron chi connectivity index (χ1n) is 6.24. The maximum absolute atomic E-state index is 11.0. The molecule has 0 aliphatic rings. The zero-order valence-electron chi connectivity index (χ0n) is 11.6. The summed E-state index contributed by atoms with van der Waals surface area (Å²) in [4.78, 5) is 8.77. The van der Waals surface area contributed by atoms with E-state index in [0.29, 0.717) is 11.5 Å². The molecule has 0 atom stereocenters. The van der Waals surface area contributed by atoms with Crippen molar-refractivity contribution in [2.24, 2.45) is 0 Å². The molecule has 7 heteroatoms. The Morgan fingerprint density at radius 1 is 1.37 bits per heavy atom. The smallest absolute Gasteiger partial charge is 0.148 e. The summed E-state index contributed by atoms with van der Waals surface area (Å²) in [6.45, 7) is 4.92. The highest BCUT2D eigenvalue weighted by molar-refractivity contribution is 7.99. The third kappa shape index (κ3) is 7.37. The molecule has 0 saturated heterocycles. The third-order valence-electron chi connectivity index (χ3n) is 2.29. The quantitative estimate of drug-likeness (QED) is 0.739. The van der Waals surface area contributed by atoms with E-state index >= 15 is 0 Å². The van der Waals surface area contributed by atoms with Crippen LogP contribution in [0.1, 0.15) is 24.9 Å². The van der Waals surface area contributed by atoms with Gasteiger partial charge in [-0.25, -0.2) is 18.4 Å². The first-order chi connectivity index (χ1) is 8.90. The lowest BCUT2D eigenvalue weighted by Crippen LogP contribution is -2.07. The number of aryl methyl sites for hydroxylation is 1. The van der Waals surface area contributed by atoms with Gasteiger partial charge in [-0.1, -0.05) is 6.92 Å². The minimum Gasteiger partial charge on any atom is -0.370 e. The van der Waals surface area contributed by atoms with Crippen LogP contribution in [0.3, 0.4) is 0 Å². The van der Waals surface area contributed by atoms with Gasteiger partial charge >= 0.3 is 0 Å². The minimum absolute atomic E-state index is 0.199. The first-order valence-corrected chi connectivity index (χ1v) is 9.46. The lowest BCUT2D eigenvalue weighted by atomic mass is 10.4. The molecule has 0 aliphatic carbocycles. The normalized spacial score (nSPS) is 11.5. The number of sulfone groups is 1. The summed E-state index contributed by atoms with van der Waals surface area (Å²) >= 11 is 1.54. The maximum atomic E-state index is 11.0. The minimum atomic E-state index is -2.88. The Morgan fingerprint density at radius 2 is 2.11 bits per heavy atom. The van der Waals surface area contributed by atoms with Crippen molar-refractivity contribution < 1.29 is 8.42 Å². The Labute approximate surface area is 119 Å². The Bertz CT molecular complexity index is 504. The Hall–Kier alpha value is -0.820. The summed E-state index contributed by atoms with van der Waals surface area (Å²) in [7, 11) is -2.88. The number of thioether (sulfide) groups is 1. The van der Waals surface area contributed by atoms with E-state index in [1.165, 1.54) is 6.26 Å². The summed E-state index contributed by atoms with van der Waals surface area (Å²) in [6, 6.07) is 1.92. The number of rotatable bonds is 8. The van der Waals surface area contributed by atoms with Gasteiger partial charge < -0.3 is 5.32 Å². The van der Waals surface area contributed by atoms with Crippen LogP contribution in [0.25, 0.3) is 0 Å². The molecule has 1 aromatic rings. The number of nitrogens with zero attached hydrogens (tertiary/aromatic N) is 2. The van der Waals surface area contributed by atoms with Gasteiger partial charge in [-0.05, 0) is 13.3 Å². The molecule has 1 aromatic heterocycles. The van der Waals surface area contributed by atoms with Crippen LogP contribution in [0, 0.1) is 6.92 Å². The molecule has 108 valence electrons. The molecule has 0 aromatic carbocycles. The SMILES string of the molecule is CCCNc1cc(C)nc(CSCCS(C)(=O)=O)n1. The largest absolute Gasteiger partial charge is 0.370 e. The number of nitrogens with one attached hydrogen (secondary N) is 1. The lowest BCUT2D eigenvalue weighted by molar-refractivity contribution is 0.603. The Morgan fingerprint density at radius 3 is 2.74 bits per heavy atom. The maximum Gasteiger partial charge on any atom is 0.148 e. The zero-order chi connectivity index (χ0) is 14.3. The van der Waals surface area contributed by atoms with Crippen molar-refractivity contribution in [1.29, 1.82) is 0 Å². The van der Waals surface area contributed by atoms with Gasteiger partial charge in [0.05, 0.1) is 11.5 Å². The van der Waals surface area contributed by atoms with Crippen LogP contribution in [0.5, 0.6) is 0 Å². The van der Waals surface area contributed by atoms with Gasteiger partial charge in [0.1, 0.15) is 21.5 Å². The highest BCUT2D eigenvalue weighted by atomic mass is 32.2. The molecule has 5 nitrogen and oxygen atoms in total. The van der Waals surface area contributed by atoms with E-state index in [2.05, 4.69) is 22.2 Å². The monoisotopic (exact) mass is 303 g/mol. The van der Waals surface area contributed by atoms with Crippen molar-refractivity contribution >= 4 is 27.4 Å². The first kappa shape index (κ1) is 16.2. The lowest BCUT2D eigenvalue weighted by Gasteiger charge is -2.07. The van der Waals surface area contributed by atoms with Crippen LogP contribution >= 0.6 is 11.8 Å². The van der Waals surface area contributed by atoms with Gasteiger partial charge in [0.15, 0.2) is 0 Å². The number of anilines is 1. The van der Waals surface area contributed by atoms with Gasteiger partial charge in [-0.15, -0.1) is 0 Å². The standard InChI is InChI=1S/C12H21N3O2S2/c1-4-5-13-11-8-10(2)14-12(15-11)9-18-6-7-19(3,16)17/h8H,4-7,9H2,1-3H3,(H,13,14,15). The summed E-state index contributed by atoms with van der Waals surface area (Å²) in [5.41, 5.74) is 0.923. The molecule has 1 rings (SSSR count). The van der Waals surface area contributed by atoms with Gasteiger partial charge in [0.25, 0.3) is 0 Å². The fourth-order valence-corrected chi connectivity index (χ4v) is 3.55. The van der Waals surface area contributed by atoms with Crippen LogP contribution < -0.4 is 5.32 Å². The molecule has 0 saturated carbocycles. The molecule has 0 unspecified atom stereocenters. The van der Waals surface area contributed by atoms with Crippen LogP contribution in [0.2, 0.25) is 0 Å². The van der Waals surface area contributed by atoms with Crippen LogP contribution in [0.4, 0.5) is 5.82 Å². The third-order valence-corrected chi connectivity index (χ3v) is 4.45. The van der Waals surface area contributed by atoms with Crippen molar-refractivity contribution in [3.8, 4) is 0 Å². The zero-order valence-corrected chi connectivity index (χ0v) is 13.3. The van der Waals surface area contributed by atoms with Crippen molar-refractivity contribution in [1.82, 2.24) is 9.97 Å². The van der Waals surface area contributed by atoms with E-state index in [1.54, 1.807) is 11.8 Å². The van der Waals surface area contributed by atoms with Crippen LogP contribution in [-0.4, -0.2) is 42.7 Å². The number of hydrogen-bond donors (Lipinski definition) is 1. The Kier molecular flexibility index (Phi) is 6.57. The van der Waals surface area contributed by atoms with Gasteiger partial charge in [-0.2, -0.15) is 11.8 Å². The van der Waals surface area contributed by atoms with Gasteiger partial charge in [-0.3, -0.25) is 0 Å². The van der Waals surface area contributed by atoms with E-state index in [9.17, 15) is 8.42 Å². The highest BCUT2D eigenvalue weighted by Crippen LogP contribution is 2.12. The summed E-state index contributed by atoms with van der Waals surface area (Å²) in [6.07, 6.45) is 2.30. The van der Waals surface area contributed by atoms with E-state index in [1.807, 2.05) is 13.0 Å². The molecule has 1 N–H and O–H groups in total. The molecular weight excluding hydrogens is 282 g/mol. The number of hydrogen-bond acceptors (Lipinski definition) is 6. The topological polar surface area (TPSA) is 72.0 Å². The van der Waals surface area contributed by atoms with E-state index in [4.69, 9.17) is 0 Å². The molecule has 0 radical (unpaired) electrons. The molecule has 0 bridgehead atoms. The fraction of sp³-hybridized carbons (Fsp3) is 0.667. The predicted octanol–water partition coefficient (Wildman–Crippen LogP) is 1.88. The molecule has 0 aliphatic heterocycles. The molecule has 1 heterocycles. The highest BCUT2D eigenvalue weighted by Gasteiger charge is 2.05. The van der Waals surface area contributed by atoms with Crippen molar-refractivity contribution in [3.63, 3.8) is 0 Å². The Balaban J connectivity index is 2.51. The second-order valence-electron chi connectivity index (χ2n) is 4.42. The molecule has 0 spiro atoms. The van der Waals surface area contributed by atoms with Crippen molar-refractivity contribution in [2.45, 2.75) is 26.0 Å². The molecule has 0 amide bonds. The van der Waals surface area contributed by atoms with Crippen LogP contribution in [0.15, 0.2) is 6.07 Å². The van der Waals surface area contributed by atoms with Crippen molar-refractivity contribution in [3.05, 3.63) is 17.6 Å². The van der Waals surface area contributed by atoms with Crippen molar-refractivity contribution in [2.75, 3.05) is 29.6 Å². The number of aromatic nitrogens is 2. The molecule has 0 fully saturated rings. The summed E-state index contributed by atoms with van der Waals surface area (Å²) in [5, 5.41) is 3.23. The average Bonchev–Trinajstić information content (AvgIpc) is 2.30. The summed E-state index contributed by atoms with van der Waals surface area (Å²) < 4.78 is 22.0. The van der Waals surface area contributed by atoms with E-state index in [0.717, 1.165) is 30.3 Å². The second kappa shape index (κ2) is 7.69. The molecular formula is C12H21N3O2S2. The van der Waals surface area contributed by atoms with Gasteiger partial charge in [0.2, 0.25) is 0 Å². The van der Waals surface area contributed by atoms with E-state index < -0.39 is 9.84 Å². The molecule has 19 heavy (non-hydrogen) atoms. The fourth-order valence-electron chi connectivity index (χ4n) is 1.41. The van der Waals surface area contributed by atoms with Crippen LogP contribution in [-0.2, 0) is 15.6 Å². The average molecular weight is 303 g/mol. The summed E-state index contributed by atoms with van der Waals surface area (Å²) in [5.74, 6) is 3.00. The second-order valence-corrected chi connectivity index (χ2v) is 7.78. The van der Waals surface area contributed by atoms with E-state index in [-0.39, 0.29) is 5.75 Å². The van der Waals surface area contributed by atoms with Gasteiger partial charge in [0, 0.05) is 30.3 Å². The predicted molar refractivity (Wildman–Crippen MR) is 81.4 cm³/mol.